The molecule has 0 unspecified atom stereocenters. The van der Waals surface area contributed by atoms with Crippen molar-refractivity contribution in [3.63, 3.8) is 0 Å². The molecule has 0 radical (unpaired) electrons. The predicted octanol–water partition coefficient (Wildman–Crippen LogP) is 2.90. The molecule has 1 aromatic heterocycles. The number of aryl methyl sites for hydroxylation is 1. The van der Waals surface area contributed by atoms with Gasteiger partial charge < -0.3 is 4.90 Å². The molecule has 2 aromatic rings. The summed E-state index contributed by atoms with van der Waals surface area (Å²) in [7, 11) is 2.08. The van der Waals surface area contributed by atoms with E-state index >= 15 is 0 Å². The molecule has 2 aliphatic rings. The van der Waals surface area contributed by atoms with E-state index in [0.29, 0.717) is 6.54 Å². The van der Waals surface area contributed by atoms with Crippen LogP contribution in [0.1, 0.15) is 29.1 Å². The molecule has 2 aliphatic heterocycles. The number of likely N-dealkylation sites (tertiary alicyclic amines) is 1. The third kappa shape index (κ3) is 3.83. The van der Waals surface area contributed by atoms with Crippen LogP contribution in [0.2, 0.25) is 0 Å². The average molecular weight is 403 g/mol. The monoisotopic (exact) mass is 402 g/mol. The Morgan fingerprint density at radius 2 is 1.82 bits per heavy atom. The van der Waals surface area contributed by atoms with Crippen LogP contribution in [-0.4, -0.2) is 64.4 Å². The lowest BCUT2D eigenvalue weighted by Crippen LogP contribution is -2.67. The van der Waals surface area contributed by atoms with Gasteiger partial charge in [0.2, 0.25) is 5.91 Å². The van der Waals surface area contributed by atoms with Crippen molar-refractivity contribution in [2.75, 3.05) is 33.2 Å². The maximum Gasteiger partial charge on any atom is 0.243 e. The molecule has 1 amide bonds. The first-order valence-corrected chi connectivity index (χ1v) is 10.7. The topological polar surface area (TPSA) is 39.7 Å². The van der Waals surface area contributed by atoms with Crippen molar-refractivity contribution >= 4 is 17.2 Å². The smallest absolute Gasteiger partial charge is 0.243 e. The highest BCUT2D eigenvalue weighted by molar-refractivity contribution is 7.09. The van der Waals surface area contributed by atoms with Crippen molar-refractivity contribution in [1.29, 1.82) is 0 Å². The van der Waals surface area contributed by atoms with Crippen LogP contribution in [0.15, 0.2) is 29.6 Å². The third-order valence-electron chi connectivity index (χ3n) is 6.14. The Bertz CT molecular complexity index is 829. The van der Waals surface area contributed by atoms with Gasteiger partial charge in [-0.2, -0.15) is 0 Å². The Morgan fingerprint density at radius 1 is 1.11 bits per heavy atom. The van der Waals surface area contributed by atoms with E-state index in [-0.39, 0.29) is 11.7 Å². The Balaban J connectivity index is 1.41. The summed E-state index contributed by atoms with van der Waals surface area (Å²) < 4.78 is 13.1. The van der Waals surface area contributed by atoms with E-state index < -0.39 is 5.54 Å². The fourth-order valence-electron chi connectivity index (χ4n) is 4.40. The van der Waals surface area contributed by atoms with Crippen LogP contribution >= 0.6 is 11.3 Å². The van der Waals surface area contributed by atoms with E-state index in [2.05, 4.69) is 27.2 Å². The zero-order valence-corrected chi connectivity index (χ0v) is 17.3. The minimum atomic E-state index is -0.400. The standard InChI is InChI=1S/C21H27FN4OS/c1-16-23-19(15-28-16)14-26-12-11-24(2)21(20(26)27)7-9-25(10-8-21)13-17-3-5-18(22)6-4-17/h3-6,15H,7-14H2,1-2H3. The molecule has 2 saturated heterocycles. The molecule has 5 nitrogen and oxygen atoms in total. The van der Waals surface area contributed by atoms with Gasteiger partial charge in [0.25, 0.3) is 0 Å². The van der Waals surface area contributed by atoms with Crippen LogP contribution in [0.3, 0.4) is 0 Å². The number of amides is 1. The van der Waals surface area contributed by atoms with Crippen LogP contribution in [0.4, 0.5) is 4.39 Å². The number of rotatable bonds is 4. The first-order valence-electron chi connectivity index (χ1n) is 9.85. The van der Waals surface area contributed by atoms with Gasteiger partial charge >= 0.3 is 0 Å². The number of piperazine rings is 1. The highest BCUT2D eigenvalue weighted by Crippen LogP contribution is 2.34. The number of aromatic nitrogens is 1. The molecule has 150 valence electrons. The van der Waals surface area contributed by atoms with Crippen molar-refractivity contribution in [1.82, 2.24) is 19.7 Å². The second kappa shape index (κ2) is 7.89. The number of nitrogens with zero attached hydrogens (tertiary/aromatic N) is 4. The highest BCUT2D eigenvalue weighted by Gasteiger charge is 2.49. The summed E-state index contributed by atoms with van der Waals surface area (Å²) in [6.45, 7) is 6.81. The maximum atomic E-state index is 13.4. The molecule has 3 heterocycles. The van der Waals surface area contributed by atoms with Crippen LogP contribution in [0, 0.1) is 12.7 Å². The largest absolute Gasteiger partial charge is 0.334 e. The molecule has 0 N–H and O–H groups in total. The number of hydrogen-bond acceptors (Lipinski definition) is 5. The van der Waals surface area contributed by atoms with E-state index in [0.717, 1.165) is 61.8 Å². The molecule has 0 saturated carbocycles. The van der Waals surface area contributed by atoms with Gasteiger partial charge in [-0.05, 0) is 44.5 Å². The second-order valence-corrected chi connectivity index (χ2v) is 9.00. The van der Waals surface area contributed by atoms with Crippen LogP contribution in [-0.2, 0) is 17.9 Å². The lowest BCUT2D eigenvalue weighted by molar-refractivity contribution is -0.155. The van der Waals surface area contributed by atoms with Gasteiger partial charge in [-0.15, -0.1) is 11.3 Å². The van der Waals surface area contributed by atoms with Crippen molar-refractivity contribution in [3.05, 3.63) is 51.7 Å². The SMILES string of the molecule is Cc1nc(CN2CCN(C)C3(CCN(Cc4ccc(F)cc4)CC3)C2=O)cs1. The molecule has 1 spiro atoms. The summed E-state index contributed by atoms with van der Waals surface area (Å²) >= 11 is 1.63. The van der Waals surface area contributed by atoms with E-state index in [4.69, 9.17) is 0 Å². The summed E-state index contributed by atoms with van der Waals surface area (Å²) in [6.07, 6.45) is 1.66. The first kappa shape index (κ1) is 19.5. The summed E-state index contributed by atoms with van der Waals surface area (Å²) in [5.74, 6) is 0.0412. The number of hydrogen-bond donors (Lipinski definition) is 0. The maximum absolute atomic E-state index is 13.4. The third-order valence-corrected chi connectivity index (χ3v) is 6.97. The van der Waals surface area contributed by atoms with E-state index in [1.54, 1.807) is 11.3 Å². The number of benzene rings is 1. The summed E-state index contributed by atoms with van der Waals surface area (Å²) in [5.41, 5.74) is 1.70. The van der Waals surface area contributed by atoms with Crippen LogP contribution in [0.25, 0.3) is 0 Å². The number of halogens is 1. The summed E-state index contributed by atoms with van der Waals surface area (Å²) in [6, 6.07) is 6.71. The molecule has 28 heavy (non-hydrogen) atoms. The van der Waals surface area contributed by atoms with E-state index in [1.807, 2.05) is 24.0 Å². The molecule has 2 fully saturated rings. The lowest BCUT2D eigenvalue weighted by Gasteiger charge is -2.51. The average Bonchev–Trinajstić information content (AvgIpc) is 3.10. The summed E-state index contributed by atoms with van der Waals surface area (Å²) in [5, 5.41) is 3.10. The minimum absolute atomic E-state index is 0.203. The van der Waals surface area contributed by atoms with Gasteiger partial charge in [-0.1, -0.05) is 12.1 Å². The molecule has 1 aromatic carbocycles. The highest BCUT2D eigenvalue weighted by atomic mass is 32.1. The molecular weight excluding hydrogens is 375 g/mol. The minimum Gasteiger partial charge on any atom is -0.334 e. The Kier molecular flexibility index (Phi) is 5.49. The van der Waals surface area contributed by atoms with Gasteiger partial charge in [0, 0.05) is 38.1 Å². The lowest BCUT2D eigenvalue weighted by atomic mass is 9.82. The van der Waals surface area contributed by atoms with Crippen molar-refractivity contribution < 1.29 is 9.18 Å². The molecule has 4 rings (SSSR count). The molecule has 0 atom stereocenters. The van der Waals surface area contributed by atoms with Crippen molar-refractivity contribution in [2.45, 2.75) is 38.4 Å². The number of carbonyl (C=O) groups excluding carboxylic acids is 1. The fraction of sp³-hybridized carbons (Fsp3) is 0.524. The Labute approximate surface area is 169 Å². The van der Waals surface area contributed by atoms with Gasteiger partial charge in [0.1, 0.15) is 11.4 Å². The van der Waals surface area contributed by atoms with E-state index in [9.17, 15) is 9.18 Å². The molecule has 0 aliphatic carbocycles. The second-order valence-electron chi connectivity index (χ2n) is 7.94. The number of likely N-dealkylation sites (N-methyl/N-ethyl adjacent to an activating group) is 1. The number of thiazole rings is 1. The zero-order valence-electron chi connectivity index (χ0n) is 16.5. The number of piperidine rings is 1. The summed E-state index contributed by atoms with van der Waals surface area (Å²) in [4.78, 5) is 24.6. The Morgan fingerprint density at radius 3 is 2.46 bits per heavy atom. The van der Waals surface area contributed by atoms with Crippen LogP contribution < -0.4 is 0 Å². The van der Waals surface area contributed by atoms with Gasteiger partial charge in [0.05, 0.1) is 17.2 Å². The molecule has 7 heteroatoms. The predicted molar refractivity (Wildman–Crippen MR) is 109 cm³/mol. The van der Waals surface area contributed by atoms with Gasteiger partial charge in [-0.25, -0.2) is 9.37 Å². The van der Waals surface area contributed by atoms with E-state index in [1.165, 1.54) is 12.1 Å². The quantitative estimate of drug-likeness (QED) is 0.788. The van der Waals surface area contributed by atoms with Crippen molar-refractivity contribution in [3.8, 4) is 0 Å². The first-order chi connectivity index (χ1) is 13.5. The molecule has 0 bridgehead atoms. The normalized spacial score (nSPS) is 20.8. The van der Waals surface area contributed by atoms with Gasteiger partial charge in [0.15, 0.2) is 0 Å². The fourth-order valence-corrected chi connectivity index (χ4v) is 5.00. The van der Waals surface area contributed by atoms with Crippen molar-refractivity contribution in [2.24, 2.45) is 0 Å². The Hall–Kier alpha value is -1.83. The molecular formula is C21H27FN4OS. The number of carbonyl (C=O) groups is 1. The van der Waals surface area contributed by atoms with Gasteiger partial charge in [-0.3, -0.25) is 14.6 Å². The van der Waals surface area contributed by atoms with Crippen LogP contribution in [0.5, 0.6) is 0 Å². The zero-order chi connectivity index (χ0) is 19.7.